The molecule has 0 saturated heterocycles. The van der Waals surface area contributed by atoms with Crippen LogP contribution in [-0.2, 0) is 9.53 Å². The number of anilines is 3. The molecule has 0 bridgehead atoms. The molecule has 0 atom stereocenters. The second-order valence-electron chi connectivity index (χ2n) is 9.77. The second kappa shape index (κ2) is 10.6. The van der Waals surface area contributed by atoms with Gasteiger partial charge in [-0.3, -0.25) is 14.9 Å². The van der Waals surface area contributed by atoms with Gasteiger partial charge in [-0.1, -0.05) is 23.4 Å². The minimum Gasteiger partial charge on any atom is -0.444 e. The molecule has 3 aromatic rings. The summed E-state index contributed by atoms with van der Waals surface area (Å²) in [5.41, 5.74) is 3.58. The Kier molecular flexibility index (Phi) is 7.82. The monoisotopic (exact) mass is 492 g/mol. The topological polar surface area (TPSA) is 114 Å². The third-order valence-corrected chi connectivity index (χ3v) is 5.15. The Bertz CT molecular complexity index is 1290. The van der Waals surface area contributed by atoms with Crippen molar-refractivity contribution in [1.29, 1.82) is 0 Å². The molecule has 2 amide bonds. The number of hydrogen-bond acceptors (Lipinski definition) is 7. The average molecular weight is 493 g/mol. The van der Waals surface area contributed by atoms with Crippen LogP contribution < -0.4 is 15.5 Å². The van der Waals surface area contributed by atoms with Gasteiger partial charge in [0.25, 0.3) is 0 Å². The van der Waals surface area contributed by atoms with Crippen molar-refractivity contribution >= 4 is 34.8 Å². The minimum absolute atomic E-state index is 0.353. The zero-order valence-corrected chi connectivity index (χ0v) is 21.7. The first-order valence-corrected chi connectivity index (χ1v) is 11.5. The Balaban J connectivity index is 1.79. The summed E-state index contributed by atoms with van der Waals surface area (Å²) >= 11 is 0. The van der Waals surface area contributed by atoms with Crippen LogP contribution in [0.4, 0.5) is 21.9 Å². The largest absolute Gasteiger partial charge is 0.444 e. The van der Waals surface area contributed by atoms with Crippen LogP contribution >= 0.6 is 0 Å². The molecule has 2 N–H and O–H groups in total. The summed E-state index contributed by atoms with van der Waals surface area (Å²) in [6.07, 6.45) is -1.03. The highest BCUT2D eigenvalue weighted by molar-refractivity contribution is 6.12. The quantitative estimate of drug-likeness (QED) is 0.327. The molecule has 9 nitrogen and oxygen atoms in total. The Morgan fingerprint density at radius 1 is 1.00 bits per heavy atom. The fraction of sp³-hybridized carbons (Fsp3) is 0.333. The van der Waals surface area contributed by atoms with Crippen LogP contribution in [0.1, 0.15) is 48.8 Å². The summed E-state index contributed by atoms with van der Waals surface area (Å²) < 4.78 is 10.6. The Morgan fingerprint density at radius 3 is 2.31 bits per heavy atom. The maximum Gasteiger partial charge on any atom is 0.412 e. The molecule has 0 unspecified atom stereocenters. The molecule has 0 saturated carbocycles. The number of Topliss-reactive ketones (excluding diaryl/α,β-unsaturated/α-hetero) is 1. The fourth-order valence-electron chi connectivity index (χ4n) is 3.59. The van der Waals surface area contributed by atoms with E-state index in [0.29, 0.717) is 28.3 Å². The lowest BCUT2D eigenvalue weighted by Gasteiger charge is -2.23. The normalized spacial score (nSPS) is 11.1. The number of ketones is 1. The number of carbonyl (C=O) groups excluding carboxylic acids is 3. The highest BCUT2D eigenvalue weighted by Gasteiger charge is 2.20. The van der Waals surface area contributed by atoms with Gasteiger partial charge in [0.2, 0.25) is 5.91 Å². The molecule has 2 aromatic carbocycles. The second-order valence-corrected chi connectivity index (χ2v) is 9.77. The van der Waals surface area contributed by atoms with E-state index >= 15 is 0 Å². The number of aryl methyl sites for hydroxylation is 2. The van der Waals surface area contributed by atoms with E-state index in [-0.39, 0.29) is 12.2 Å². The highest BCUT2D eigenvalue weighted by atomic mass is 16.6. The molecule has 0 aliphatic heterocycles. The number of benzene rings is 2. The SMILES string of the molecule is Cc1cc(-c2cccc(C(=O)CC(=O)Nc3cc(C)c(N(C)C)cc3NC(=O)OC(C)(C)C)c2)on1. The van der Waals surface area contributed by atoms with Crippen LogP contribution in [0.15, 0.2) is 47.0 Å². The Morgan fingerprint density at radius 2 is 1.69 bits per heavy atom. The minimum atomic E-state index is -0.687. The summed E-state index contributed by atoms with van der Waals surface area (Å²) in [4.78, 5) is 40.0. The highest BCUT2D eigenvalue weighted by Crippen LogP contribution is 2.31. The molecule has 9 heteroatoms. The van der Waals surface area contributed by atoms with Gasteiger partial charge in [0, 0.05) is 37.0 Å². The summed E-state index contributed by atoms with van der Waals surface area (Å²) in [5.74, 6) is -0.319. The van der Waals surface area contributed by atoms with Crippen LogP contribution in [0.2, 0.25) is 0 Å². The van der Waals surface area contributed by atoms with Gasteiger partial charge in [-0.05, 0) is 58.4 Å². The van der Waals surface area contributed by atoms with Gasteiger partial charge < -0.3 is 19.5 Å². The summed E-state index contributed by atoms with van der Waals surface area (Å²) in [6.45, 7) is 8.99. The third kappa shape index (κ3) is 6.94. The molecular formula is C27H32N4O5. The molecule has 190 valence electrons. The van der Waals surface area contributed by atoms with Gasteiger partial charge in [-0.25, -0.2) is 4.79 Å². The van der Waals surface area contributed by atoms with E-state index in [1.165, 1.54) is 0 Å². The van der Waals surface area contributed by atoms with Gasteiger partial charge in [-0.2, -0.15) is 0 Å². The zero-order chi connectivity index (χ0) is 26.6. The zero-order valence-electron chi connectivity index (χ0n) is 21.7. The van der Waals surface area contributed by atoms with Gasteiger partial charge in [-0.15, -0.1) is 0 Å². The maximum absolute atomic E-state index is 12.9. The predicted molar refractivity (Wildman–Crippen MR) is 140 cm³/mol. The number of rotatable bonds is 7. The van der Waals surface area contributed by atoms with Crippen LogP contribution in [0.5, 0.6) is 0 Å². The maximum atomic E-state index is 12.9. The molecule has 0 spiro atoms. The number of nitrogens with one attached hydrogen (secondary N) is 2. The average Bonchev–Trinajstić information content (AvgIpc) is 3.20. The molecule has 1 aromatic heterocycles. The lowest BCUT2D eigenvalue weighted by atomic mass is 10.0. The van der Waals surface area contributed by atoms with Gasteiger partial charge in [0.15, 0.2) is 11.5 Å². The van der Waals surface area contributed by atoms with E-state index < -0.39 is 17.6 Å². The van der Waals surface area contributed by atoms with Crippen molar-refractivity contribution < 1.29 is 23.6 Å². The Hall–Kier alpha value is -4.14. The van der Waals surface area contributed by atoms with Crippen molar-refractivity contribution in [3.05, 3.63) is 59.3 Å². The fourth-order valence-corrected chi connectivity index (χ4v) is 3.59. The molecule has 0 radical (unpaired) electrons. The van der Waals surface area contributed by atoms with Gasteiger partial charge in [0.05, 0.1) is 23.5 Å². The van der Waals surface area contributed by atoms with Crippen LogP contribution in [0.3, 0.4) is 0 Å². The lowest BCUT2D eigenvalue weighted by molar-refractivity contribution is -0.115. The predicted octanol–water partition coefficient (Wildman–Crippen LogP) is 5.58. The van der Waals surface area contributed by atoms with Gasteiger partial charge in [0.1, 0.15) is 5.60 Å². The number of carbonyl (C=O) groups is 3. The van der Waals surface area contributed by atoms with E-state index in [4.69, 9.17) is 9.26 Å². The number of ether oxygens (including phenoxy) is 1. The van der Waals surface area contributed by atoms with Crippen molar-refractivity contribution in [1.82, 2.24) is 5.16 Å². The Labute approximate surface area is 210 Å². The summed E-state index contributed by atoms with van der Waals surface area (Å²) in [7, 11) is 3.76. The van der Waals surface area contributed by atoms with Crippen LogP contribution in [-0.4, -0.2) is 42.6 Å². The standard InChI is InChI=1S/C27H32N4O5/c1-16-11-20(21(14-22(16)31(6)7)29-26(34)35-27(3,4)5)28-25(33)15-23(32)18-9-8-10-19(13-18)24-12-17(2)30-36-24/h8-14H,15H2,1-7H3,(H,28,33)(H,29,34). The van der Waals surface area contributed by atoms with Gasteiger partial charge >= 0.3 is 6.09 Å². The van der Waals surface area contributed by atoms with E-state index in [9.17, 15) is 14.4 Å². The smallest absolute Gasteiger partial charge is 0.412 e. The number of hydrogen-bond donors (Lipinski definition) is 2. The first-order chi connectivity index (χ1) is 16.8. The van der Waals surface area contributed by atoms with Crippen LogP contribution in [0.25, 0.3) is 11.3 Å². The van der Waals surface area contributed by atoms with E-state index in [2.05, 4.69) is 15.8 Å². The molecule has 0 aliphatic rings. The molecular weight excluding hydrogens is 460 g/mol. The third-order valence-electron chi connectivity index (χ3n) is 5.15. The van der Waals surface area contributed by atoms with Crippen molar-refractivity contribution in [3.63, 3.8) is 0 Å². The summed E-state index contributed by atoms with van der Waals surface area (Å²) in [5, 5.41) is 9.33. The number of amides is 2. The number of nitrogens with zero attached hydrogens (tertiary/aromatic N) is 2. The number of aromatic nitrogens is 1. The van der Waals surface area contributed by atoms with Crippen molar-refractivity contribution in [2.45, 2.75) is 46.6 Å². The van der Waals surface area contributed by atoms with Crippen LogP contribution in [0, 0.1) is 13.8 Å². The molecule has 0 fully saturated rings. The molecule has 36 heavy (non-hydrogen) atoms. The molecule has 3 rings (SSSR count). The van der Waals surface area contributed by atoms with Crippen molar-refractivity contribution in [2.75, 3.05) is 29.6 Å². The van der Waals surface area contributed by atoms with Crippen molar-refractivity contribution in [2.24, 2.45) is 0 Å². The molecule has 1 heterocycles. The van der Waals surface area contributed by atoms with E-state index in [1.807, 2.05) is 32.8 Å². The first kappa shape index (κ1) is 26.5. The van der Waals surface area contributed by atoms with E-state index in [1.54, 1.807) is 63.2 Å². The first-order valence-electron chi connectivity index (χ1n) is 11.5. The van der Waals surface area contributed by atoms with Crippen molar-refractivity contribution in [3.8, 4) is 11.3 Å². The lowest BCUT2D eigenvalue weighted by Crippen LogP contribution is -2.28. The summed E-state index contributed by atoms with van der Waals surface area (Å²) in [6, 6.07) is 12.1. The van der Waals surface area contributed by atoms with E-state index in [0.717, 1.165) is 16.9 Å². The molecule has 0 aliphatic carbocycles.